The first kappa shape index (κ1) is 21.3. The van der Waals surface area contributed by atoms with E-state index in [1.54, 1.807) is 12.1 Å². The lowest BCUT2D eigenvalue weighted by Gasteiger charge is -2.14. The Kier molecular flexibility index (Phi) is 6.91. The van der Waals surface area contributed by atoms with Gasteiger partial charge in [-0.05, 0) is 41.0 Å². The van der Waals surface area contributed by atoms with E-state index >= 15 is 0 Å². The zero-order valence-corrected chi connectivity index (χ0v) is 17.8. The zero-order valence-electron chi connectivity index (χ0n) is 15.5. The number of aromatic hydroxyl groups is 1. The number of carbonyl (C=O) groups is 1. The van der Waals surface area contributed by atoms with E-state index in [0.29, 0.717) is 38.4 Å². The molecule has 0 spiro atoms. The molecule has 7 heteroatoms. The minimum absolute atomic E-state index is 0.0973. The van der Waals surface area contributed by atoms with E-state index in [1.165, 1.54) is 13.1 Å². The van der Waals surface area contributed by atoms with Crippen LogP contribution in [0.2, 0.25) is 15.1 Å². The molecule has 0 aliphatic carbocycles. The number of nitrogens with one attached hydrogen (secondary N) is 1. The first-order valence-corrected chi connectivity index (χ1v) is 9.90. The predicted molar refractivity (Wildman–Crippen MR) is 117 cm³/mol. The third-order valence-corrected chi connectivity index (χ3v) is 5.41. The number of hydrogen-bond donors (Lipinski definition) is 2. The van der Waals surface area contributed by atoms with Crippen LogP contribution in [-0.2, 0) is 11.2 Å². The van der Waals surface area contributed by atoms with Crippen LogP contribution in [0.4, 0.5) is 0 Å². The lowest BCUT2D eigenvalue weighted by Crippen LogP contribution is -2.24. The van der Waals surface area contributed by atoms with Crippen molar-refractivity contribution in [1.29, 1.82) is 0 Å². The molecule has 0 heterocycles. The second-order valence-electron chi connectivity index (χ2n) is 6.33. The second kappa shape index (κ2) is 9.40. The fourth-order valence-electron chi connectivity index (χ4n) is 2.84. The highest BCUT2D eigenvalue weighted by Crippen LogP contribution is 2.38. The fourth-order valence-corrected chi connectivity index (χ4v) is 3.66. The summed E-state index contributed by atoms with van der Waals surface area (Å²) in [5.41, 5.74) is 2.99. The van der Waals surface area contributed by atoms with Gasteiger partial charge in [-0.1, -0.05) is 65.1 Å². The molecule has 0 fully saturated rings. The molecule has 3 rings (SSSR count). The molecular formula is C22H18Cl3NO3. The monoisotopic (exact) mass is 449 g/mol. The summed E-state index contributed by atoms with van der Waals surface area (Å²) < 4.78 is 5.40. The summed E-state index contributed by atoms with van der Waals surface area (Å²) >= 11 is 19.2. The first-order valence-electron chi connectivity index (χ1n) is 8.77. The number of ether oxygens (including phenoxy) is 1. The quantitative estimate of drug-likeness (QED) is 0.504. The summed E-state index contributed by atoms with van der Waals surface area (Å²) in [5.74, 6) is 0.236. The molecule has 0 aliphatic rings. The van der Waals surface area contributed by atoms with Gasteiger partial charge in [0.1, 0.15) is 11.5 Å². The Morgan fingerprint density at radius 1 is 1.00 bits per heavy atom. The number of phenols is 1. The normalized spacial score (nSPS) is 10.6. The van der Waals surface area contributed by atoms with Crippen LogP contribution in [0.5, 0.6) is 11.5 Å². The SMILES string of the molecule is CNC(=O)COc1cc(Cl)c(Cc2cc(-c3ccccc3)c(O)cc2Cl)c(Cl)c1. The summed E-state index contributed by atoms with van der Waals surface area (Å²) in [6.45, 7) is -0.132. The van der Waals surface area contributed by atoms with Gasteiger partial charge in [0.15, 0.2) is 6.61 Å². The van der Waals surface area contributed by atoms with E-state index in [1.807, 2.05) is 36.4 Å². The van der Waals surface area contributed by atoms with E-state index in [4.69, 9.17) is 39.5 Å². The number of phenolic OH excluding ortho intramolecular Hbond substituents is 1. The maximum Gasteiger partial charge on any atom is 0.257 e. The smallest absolute Gasteiger partial charge is 0.257 e. The molecule has 0 atom stereocenters. The predicted octanol–water partition coefficient (Wildman–Crippen LogP) is 5.74. The highest BCUT2D eigenvalue weighted by Gasteiger charge is 2.15. The Morgan fingerprint density at radius 3 is 2.28 bits per heavy atom. The summed E-state index contributed by atoms with van der Waals surface area (Å²) in [6, 6.07) is 16.1. The number of halogens is 3. The Morgan fingerprint density at radius 2 is 1.66 bits per heavy atom. The number of likely N-dealkylation sites (N-methyl/N-ethyl adjacent to an activating group) is 1. The Hall–Kier alpha value is -2.40. The van der Waals surface area contributed by atoms with Crippen molar-refractivity contribution in [2.45, 2.75) is 6.42 Å². The number of benzene rings is 3. The van der Waals surface area contributed by atoms with Crippen molar-refractivity contribution in [3.8, 4) is 22.6 Å². The van der Waals surface area contributed by atoms with Crippen LogP contribution in [0.1, 0.15) is 11.1 Å². The van der Waals surface area contributed by atoms with E-state index < -0.39 is 0 Å². The van der Waals surface area contributed by atoms with Crippen molar-refractivity contribution < 1.29 is 14.6 Å². The third kappa shape index (κ3) is 5.15. The molecule has 0 aromatic heterocycles. The van der Waals surface area contributed by atoms with E-state index in [0.717, 1.165) is 11.1 Å². The largest absolute Gasteiger partial charge is 0.507 e. The fraction of sp³-hybridized carbons (Fsp3) is 0.136. The number of rotatable bonds is 6. The van der Waals surface area contributed by atoms with Crippen LogP contribution in [0.25, 0.3) is 11.1 Å². The van der Waals surface area contributed by atoms with Crippen molar-refractivity contribution >= 4 is 40.7 Å². The molecule has 2 N–H and O–H groups in total. The van der Waals surface area contributed by atoms with Gasteiger partial charge < -0.3 is 15.2 Å². The van der Waals surface area contributed by atoms with Gasteiger partial charge in [-0.25, -0.2) is 0 Å². The topological polar surface area (TPSA) is 58.6 Å². The maximum atomic E-state index is 11.3. The van der Waals surface area contributed by atoms with Crippen LogP contribution < -0.4 is 10.1 Å². The minimum Gasteiger partial charge on any atom is -0.507 e. The maximum absolute atomic E-state index is 11.3. The van der Waals surface area contributed by atoms with E-state index in [2.05, 4.69) is 5.32 Å². The van der Waals surface area contributed by atoms with Crippen LogP contribution in [-0.4, -0.2) is 24.7 Å². The zero-order chi connectivity index (χ0) is 21.0. The average molecular weight is 451 g/mol. The molecule has 1 amide bonds. The number of hydrogen-bond acceptors (Lipinski definition) is 3. The Balaban J connectivity index is 1.91. The van der Waals surface area contributed by atoms with Crippen molar-refractivity contribution in [2.75, 3.05) is 13.7 Å². The molecular weight excluding hydrogens is 433 g/mol. The minimum atomic E-state index is -0.259. The van der Waals surface area contributed by atoms with E-state index in [-0.39, 0.29) is 18.3 Å². The molecule has 0 saturated heterocycles. The van der Waals surface area contributed by atoms with Crippen LogP contribution >= 0.6 is 34.8 Å². The van der Waals surface area contributed by atoms with Gasteiger partial charge in [0.2, 0.25) is 0 Å². The molecule has 29 heavy (non-hydrogen) atoms. The van der Waals surface area contributed by atoms with Gasteiger partial charge in [0.05, 0.1) is 0 Å². The summed E-state index contributed by atoms with van der Waals surface area (Å²) in [4.78, 5) is 11.3. The molecule has 3 aromatic rings. The molecule has 4 nitrogen and oxygen atoms in total. The van der Waals surface area contributed by atoms with Crippen LogP contribution in [0.15, 0.2) is 54.6 Å². The molecule has 0 unspecified atom stereocenters. The van der Waals surface area contributed by atoms with Crippen molar-refractivity contribution in [1.82, 2.24) is 5.32 Å². The first-order chi connectivity index (χ1) is 13.9. The van der Waals surface area contributed by atoms with E-state index in [9.17, 15) is 9.90 Å². The Labute approximate surface area is 184 Å². The molecule has 150 valence electrons. The van der Waals surface area contributed by atoms with Gasteiger partial charge >= 0.3 is 0 Å². The third-order valence-electron chi connectivity index (χ3n) is 4.38. The van der Waals surface area contributed by atoms with Crippen molar-refractivity contribution in [3.63, 3.8) is 0 Å². The van der Waals surface area contributed by atoms with Crippen LogP contribution in [0, 0.1) is 0 Å². The van der Waals surface area contributed by atoms with Gasteiger partial charge in [-0.3, -0.25) is 4.79 Å². The lowest BCUT2D eigenvalue weighted by atomic mass is 9.98. The molecule has 0 bridgehead atoms. The lowest BCUT2D eigenvalue weighted by molar-refractivity contribution is -0.122. The standard InChI is InChI=1S/C22H18Cl3NO3/c1-26-22(28)12-29-15-9-19(24)17(20(25)10-15)8-14-7-16(21(27)11-18(14)23)13-5-3-2-4-6-13/h2-7,9-11,27H,8,12H2,1H3,(H,26,28). The molecule has 3 aromatic carbocycles. The van der Waals surface area contributed by atoms with Gasteiger partial charge in [0.25, 0.3) is 5.91 Å². The Bertz CT molecular complexity index is 1020. The van der Waals surface area contributed by atoms with Crippen molar-refractivity contribution in [2.24, 2.45) is 0 Å². The summed E-state index contributed by atoms with van der Waals surface area (Å²) in [5, 5.41) is 14.0. The molecule has 0 aliphatic heterocycles. The van der Waals surface area contributed by atoms with Crippen LogP contribution in [0.3, 0.4) is 0 Å². The summed E-state index contributed by atoms with van der Waals surface area (Å²) in [6.07, 6.45) is 0.367. The second-order valence-corrected chi connectivity index (χ2v) is 7.55. The number of amides is 1. The highest BCUT2D eigenvalue weighted by atomic mass is 35.5. The highest BCUT2D eigenvalue weighted by molar-refractivity contribution is 6.36. The van der Waals surface area contributed by atoms with Crippen molar-refractivity contribution in [3.05, 3.63) is 80.8 Å². The number of carbonyl (C=O) groups excluding carboxylic acids is 1. The average Bonchev–Trinajstić information content (AvgIpc) is 2.70. The van der Waals surface area contributed by atoms with Gasteiger partial charge in [-0.2, -0.15) is 0 Å². The molecule has 0 saturated carbocycles. The van der Waals surface area contributed by atoms with Gasteiger partial charge in [0, 0.05) is 34.1 Å². The van der Waals surface area contributed by atoms with Gasteiger partial charge in [-0.15, -0.1) is 0 Å². The summed E-state index contributed by atoms with van der Waals surface area (Å²) in [7, 11) is 1.53. The molecule has 0 radical (unpaired) electrons.